The van der Waals surface area contributed by atoms with Crippen LogP contribution in [0.5, 0.6) is 0 Å². The number of benzene rings is 3. The summed E-state index contributed by atoms with van der Waals surface area (Å²) in [7, 11) is 0. The summed E-state index contributed by atoms with van der Waals surface area (Å²) < 4.78 is 6.04. The Labute approximate surface area is 123 Å². The Balaban J connectivity index is 2.03. The minimum absolute atomic E-state index is 0.690. The Morgan fingerprint density at radius 1 is 0.905 bits per heavy atom. The monoisotopic (exact) mass is 273 g/mol. The van der Waals surface area contributed by atoms with Gasteiger partial charge in [-0.25, -0.2) is 4.98 Å². The van der Waals surface area contributed by atoms with Gasteiger partial charge in [0.25, 0.3) is 0 Å². The largest absolute Gasteiger partial charge is 0.436 e. The fourth-order valence-corrected chi connectivity index (χ4v) is 2.90. The van der Waals surface area contributed by atoms with Crippen molar-refractivity contribution in [1.82, 2.24) is 4.98 Å². The molecule has 4 aromatic rings. The molecule has 0 aliphatic carbocycles. The lowest BCUT2D eigenvalue weighted by atomic mass is 10.0. The highest BCUT2D eigenvalue weighted by molar-refractivity contribution is 5.95. The molecule has 3 aromatic carbocycles. The molecule has 0 spiro atoms. The van der Waals surface area contributed by atoms with Crippen molar-refractivity contribution in [1.29, 1.82) is 0 Å². The number of aryl methyl sites for hydroxylation is 2. The van der Waals surface area contributed by atoms with E-state index in [9.17, 15) is 0 Å². The molecule has 1 heterocycles. The fourth-order valence-electron chi connectivity index (χ4n) is 2.90. The molecule has 0 bridgehead atoms. The van der Waals surface area contributed by atoms with Crippen LogP contribution < -0.4 is 0 Å². The quantitative estimate of drug-likeness (QED) is 0.472. The standard InChI is InChI=1S/C19H15NO/c1-12-10-13(2)18-17(11-12)20-19(21-18)16-9-5-7-14-6-3-4-8-15(14)16/h3-11H,1-2H3. The molecule has 0 unspecified atom stereocenters. The highest BCUT2D eigenvalue weighted by Crippen LogP contribution is 2.31. The molecule has 0 amide bonds. The Morgan fingerprint density at radius 2 is 1.71 bits per heavy atom. The first kappa shape index (κ1) is 12.2. The molecule has 0 aliphatic heterocycles. The molecule has 1 aromatic heterocycles. The number of nitrogens with zero attached hydrogens (tertiary/aromatic N) is 1. The number of aromatic nitrogens is 1. The first-order chi connectivity index (χ1) is 10.2. The molecular weight excluding hydrogens is 258 g/mol. The number of oxazole rings is 1. The van der Waals surface area contributed by atoms with Crippen molar-refractivity contribution in [2.24, 2.45) is 0 Å². The van der Waals surface area contributed by atoms with Gasteiger partial charge >= 0.3 is 0 Å². The third-order valence-corrected chi connectivity index (χ3v) is 3.84. The van der Waals surface area contributed by atoms with Gasteiger partial charge in [0, 0.05) is 5.56 Å². The predicted molar refractivity (Wildman–Crippen MR) is 86.4 cm³/mol. The van der Waals surface area contributed by atoms with Gasteiger partial charge in [-0.3, -0.25) is 0 Å². The van der Waals surface area contributed by atoms with Gasteiger partial charge in [-0.2, -0.15) is 0 Å². The van der Waals surface area contributed by atoms with Gasteiger partial charge < -0.3 is 4.42 Å². The van der Waals surface area contributed by atoms with Crippen molar-refractivity contribution in [3.8, 4) is 11.5 Å². The lowest BCUT2D eigenvalue weighted by Gasteiger charge is -2.02. The normalized spacial score (nSPS) is 11.3. The van der Waals surface area contributed by atoms with Gasteiger partial charge in [0.05, 0.1) is 0 Å². The maximum absolute atomic E-state index is 6.04. The lowest BCUT2D eigenvalue weighted by molar-refractivity contribution is 0.618. The van der Waals surface area contributed by atoms with Gasteiger partial charge in [-0.1, -0.05) is 42.5 Å². The second-order valence-electron chi connectivity index (χ2n) is 5.48. The summed E-state index contributed by atoms with van der Waals surface area (Å²) in [6, 6.07) is 18.7. The van der Waals surface area contributed by atoms with E-state index in [1.165, 1.54) is 16.3 Å². The molecule has 0 saturated carbocycles. The molecule has 21 heavy (non-hydrogen) atoms. The molecule has 2 heteroatoms. The number of hydrogen-bond donors (Lipinski definition) is 0. The van der Waals surface area contributed by atoms with E-state index in [2.05, 4.69) is 55.2 Å². The zero-order valence-corrected chi connectivity index (χ0v) is 12.1. The summed E-state index contributed by atoms with van der Waals surface area (Å²) in [5, 5.41) is 2.37. The average molecular weight is 273 g/mol. The molecule has 0 saturated heterocycles. The lowest BCUT2D eigenvalue weighted by Crippen LogP contribution is -1.80. The predicted octanol–water partition coefficient (Wildman–Crippen LogP) is 5.26. The Hall–Kier alpha value is -2.61. The molecule has 2 nitrogen and oxygen atoms in total. The van der Waals surface area contributed by atoms with E-state index in [0.717, 1.165) is 22.2 Å². The summed E-state index contributed by atoms with van der Waals surface area (Å²) in [6.45, 7) is 4.14. The van der Waals surface area contributed by atoms with Crippen LogP contribution in [0.2, 0.25) is 0 Å². The molecule has 0 fully saturated rings. The van der Waals surface area contributed by atoms with E-state index in [0.29, 0.717) is 5.89 Å². The van der Waals surface area contributed by atoms with E-state index in [4.69, 9.17) is 4.42 Å². The third kappa shape index (κ3) is 1.91. The topological polar surface area (TPSA) is 26.0 Å². The van der Waals surface area contributed by atoms with Gasteiger partial charge in [0.2, 0.25) is 5.89 Å². The van der Waals surface area contributed by atoms with Crippen molar-refractivity contribution >= 4 is 21.9 Å². The third-order valence-electron chi connectivity index (χ3n) is 3.84. The SMILES string of the molecule is Cc1cc(C)c2oc(-c3cccc4ccccc34)nc2c1. The summed E-state index contributed by atoms with van der Waals surface area (Å²) in [5.74, 6) is 0.690. The maximum Gasteiger partial charge on any atom is 0.227 e. The van der Waals surface area contributed by atoms with Crippen LogP contribution in [0, 0.1) is 13.8 Å². The van der Waals surface area contributed by atoms with E-state index >= 15 is 0 Å². The smallest absolute Gasteiger partial charge is 0.227 e. The maximum atomic E-state index is 6.04. The summed E-state index contributed by atoms with van der Waals surface area (Å²) >= 11 is 0. The second kappa shape index (κ2) is 4.45. The van der Waals surface area contributed by atoms with Crippen molar-refractivity contribution in [2.75, 3.05) is 0 Å². The minimum Gasteiger partial charge on any atom is -0.436 e. The zero-order chi connectivity index (χ0) is 14.4. The second-order valence-corrected chi connectivity index (χ2v) is 5.48. The van der Waals surface area contributed by atoms with Crippen molar-refractivity contribution in [3.63, 3.8) is 0 Å². The fraction of sp³-hybridized carbons (Fsp3) is 0.105. The molecular formula is C19H15NO. The Morgan fingerprint density at radius 3 is 2.62 bits per heavy atom. The van der Waals surface area contributed by atoms with Crippen LogP contribution in [0.25, 0.3) is 33.3 Å². The van der Waals surface area contributed by atoms with Crippen LogP contribution >= 0.6 is 0 Å². The van der Waals surface area contributed by atoms with Crippen LogP contribution in [0.3, 0.4) is 0 Å². The Bertz CT molecular complexity index is 961. The minimum atomic E-state index is 0.690. The molecule has 4 rings (SSSR count). The van der Waals surface area contributed by atoms with Gasteiger partial charge in [-0.15, -0.1) is 0 Å². The molecule has 0 N–H and O–H groups in total. The van der Waals surface area contributed by atoms with Crippen LogP contribution in [0.1, 0.15) is 11.1 Å². The number of hydrogen-bond acceptors (Lipinski definition) is 2. The van der Waals surface area contributed by atoms with E-state index in [1.807, 2.05) is 18.2 Å². The highest BCUT2D eigenvalue weighted by atomic mass is 16.3. The number of rotatable bonds is 1. The molecule has 0 aliphatic rings. The summed E-state index contributed by atoms with van der Waals surface area (Å²) in [4.78, 5) is 4.69. The molecule has 102 valence electrons. The summed E-state index contributed by atoms with van der Waals surface area (Å²) in [5.41, 5.74) is 5.18. The van der Waals surface area contributed by atoms with Crippen LogP contribution in [-0.4, -0.2) is 4.98 Å². The van der Waals surface area contributed by atoms with Crippen molar-refractivity contribution in [2.45, 2.75) is 13.8 Å². The average Bonchev–Trinajstić information content (AvgIpc) is 2.90. The van der Waals surface area contributed by atoms with E-state index < -0.39 is 0 Å². The van der Waals surface area contributed by atoms with Crippen LogP contribution in [0.15, 0.2) is 59.0 Å². The Kier molecular flexibility index (Phi) is 2.58. The van der Waals surface area contributed by atoms with Gasteiger partial charge in [-0.05, 0) is 47.9 Å². The number of fused-ring (bicyclic) bond motifs is 2. The van der Waals surface area contributed by atoms with Crippen molar-refractivity contribution in [3.05, 3.63) is 65.7 Å². The summed E-state index contributed by atoms with van der Waals surface area (Å²) in [6.07, 6.45) is 0. The molecule has 0 atom stereocenters. The van der Waals surface area contributed by atoms with Crippen LogP contribution in [-0.2, 0) is 0 Å². The van der Waals surface area contributed by atoms with Crippen molar-refractivity contribution < 1.29 is 4.42 Å². The zero-order valence-electron chi connectivity index (χ0n) is 12.1. The van der Waals surface area contributed by atoms with Gasteiger partial charge in [0.1, 0.15) is 5.52 Å². The van der Waals surface area contributed by atoms with Gasteiger partial charge in [0.15, 0.2) is 5.58 Å². The van der Waals surface area contributed by atoms with E-state index in [-0.39, 0.29) is 0 Å². The highest BCUT2D eigenvalue weighted by Gasteiger charge is 2.12. The first-order valence-corrected chi connectivity index (χ1v) is 7.08. The van der Waals surface area contributed by atoms with E-state index in [1.54, 1.807) is 0 Å². The first-order valence-electron chi connectivity index (χ1n) is 7.08. The molecule has 0 radical (unpaired) electrons. The van der Waals surface area contributed by atoms with Crippen LogP contribution in [0.4, 0.5) is 0 Å².